The van der Waals surface area contributed by atoms with Crippen molar-refractivity contribution in [2.75, 3.05) is 7.05 Å². The first-order chi connectivity index (χ1) is 12.1. The molecule has 0 spiro atoms. The molecule has 1 N–H and O–H groups in total. The van der Waals surface area contributed by atoms with E-state index in [0.717, 1.165) is 12.8 Å². The zero-order valence-electron chi connectivity index (χ0n) is 14.2. The van der Waals surface area contributed by atoms with Crippen molar-refractivity contribution in [2.24, 2.45) is 5.92 Å². The molecular formula is C19H21N3O3. The summed E-state index contributed by atoms with van der Waals surface area (Å²) in [6, 6.07) is 6.84. The van der Waals surface area contributed by atoms with Gasteiger partial charge in [0.05, 0.1) is 12.2 Å². The van der Waals surface area contributed by atoms with Crippen molar-refractivity contribution in [1.29, 1.82) is 0 Å². The molecule has 1 saturated carbocycles. The van der Waals surface area contributed by atoms with Crippen LogP contribution in [0.2, 0.25) is 0 Å². The lowest BCUT2D eigenvalue weighted by atomic mass is 9.81. The van der Waals surface area contributed by atoms with Gasteiger partial charge in [-0.15, -0.1) is 0 Å². The molecule has 0 aromatic carbocycles. The second-order valence-corrected chi connectivity index (χ2v) is 6.40. The van der Waals surface area contributed by atoms with Gasteiger partial charge in [-0.2, -0.15) is 0 Å². The van der Waals surface area contributed by atoms with Crippen molar-refractivity contribution < 1.29 is 9.59 Å². The Labute approximate surface area is 145 Å². The predicted molar refractivity (Wildman–Crippen MR) is 93.7 cm³/mol. The van der Waals surface area contributed by atoms with E-state index in [4.69, 9.17) is 0 Å². The molecule has 0 radical (unpaired) electrons. The highest BCUT2D eigenvalue weighted by molar-refractivity contribution is 6.00. The van der Waals surface area contributed by atoms with E-state index < -0.39 is 11.5 Å². The number of hydrogen-bond acceptors (Lipinski definition) is 4. The Morgan fingerprint density at radius 2 is 2.12 bits per heavy atom. The van der Waals surface area contributed by atoms with Crippen LogP contribution in [0.5, 0.6) is 0 Å². The summed E-state index contributed by atoms with van der Waals surface area (Å²) in [7, 11) is 1.47. The van der Waals surface area contributed by atoms with Crippen molar-refractivity contribution >= 4 is 11.7 Å². The fraction of sp³-hybridized carbons (Fsp3) is 0.368. The first kappa shape index (κ1) is 17.1. The van der Waals surface area contributed by atoms with Crippen LogP contribution in [-0.2, 0) is 6.54 Å². The molecule has 6 nitrogen and oxygen atoms in total. The molecule has 0 aliphatic heterocycles. The van der Waals surface area contributed by atoms with E-state index in [1.54, 1.807) is 24.5 Å². The fourth-order valence-corrected chi connectivity index (χ4v) is 2.95. The van der Waals surface area contributed by atoms with Gasteiger partial charge in [0.1, 0.15) is 5.56 Å². The molecule has 0 saturated heterocycles. The molecule has 2 aromatic rings. The van der Waals surface area contributed by atoms with E-state index in [9.17, 15) is 14.4 Å². The number of ketones is 1. The summed E-state index contributed by atoms with van der Waals surface area (Å²) in [5, 5.41) is 2.46. The summed E-state index contributed by atoms with van der Waals surface area (Å²) in [6.07, 6.45) is 6.97. The van der Waals surface area contributed by atoms with Crippen molar-refractivity contribution in [3.63, 3.8) is 0 Å². The molecule has 1 amide bonds. The van der Waals surface area contributed by atoms with Gasteiger partial charge in [0, 0.05) is 31.4 Å². The quantitative estimate of drug-likeness (QED) is 0.817. The first-order valence-corrected chi connectivity index (χ1v) is 8.48. The summed E-state index contributed by atoms with van der Waals surface area (Å²) in [4.78, 5) is 41.4. The molecule has 25 heavy (non-hydrogen) atoms. The minimum absolute atomic E-state index is 0.0158. The van der Waals surface area contributed by atoms with Gasteiger partial charge >= 0.3 is 0 Å². The topological polar surface area (TPSA) is 81.1 Å². The maximum Gasteiger partial charge on any atom is 0.263 e. The zero-order valence-corrected chi connectivity index (χ0v) is 14.2. The third-order valence-electron chi connectivity index (χ3n) is 4.64. The Morgan fingerprint density at radius 1 is 1.32 bits per heavy atom. The van der Waals surface area contributed by atoms with E-state index in [-0.39, 0.29) is 17.9 Å². The van der Waals surface area contributed by atoms with Gasteiger partial charge in [0.15, 0.2) is 5.78 Å². The number of amides is 1. The van der Waals surface area contributed by atoms with Gasteiger partial charge < -0.3 is 9.88 Å². The van der Waals surface area contributed by atoms with E-state index in [1.165, 1.54) is 24.1 Å². The van der Waals surface area contributed by atoms with Crippen LogP contribution in [0.1, 0.15) is 52.1 Å². The zero-order chi connectivity index (χ0) is 17.8. The lowest BCUT2D eigenvalue weighted by molar-refractivity contribution is 0.0935. The van der Waals surface area contributed by atoms with Crippen LogP contribution in [0.25, 0.3) is 0 Å². The monoisotopic (exact) mass is 339 g/mol. The molecule has 2 aromatic heterocycles. The molecule has 130 valence electrons. The molecule has 2 heterocycles. The third kappa shape index (κ3) is 3.84. The number of carbonyl (C=O) groups is 2. The number of aromatic nitrogens is 2. The number of rotatable bonds is 6. The van der Waals surface area contributed by atoms with Crippen LogP contribution in [0.15, 0.2) is 41.5 Å². The SMILES string of the molecule is CNC(=O)c1cc(C(=O)CC2CCC2)cn(Cc2ccccn2)c1=O. The number of nitrogens with zero attached hydrogens (tertiary/aromatic N) is 2. The van der Waals surface area contributed by atoms with Crippen molar-refractivity contribution in [3.05, 3.63) is 63.8 Å². The van der Waals surface area contributed by atoms with Crippen molar-refractivity contribution in [1.82, 2.24) is 14.9 Å². The maximum atomic E-state index is 12.6. The molecule has 3 rings (SSSR count). The predicted octanol–water partition coefficient (Wildman–Crippen LogP) is 2.02. The number of Topliss-reactive ketones (excluding diaryl/α,β-unsaturated/α-hetero) is 1. The number of carbonyl (C=O) groups excluding carboxylic acids is 2. The lowest BCUT2D eigenvalue weighted by Gasteiger charge is -2.24. The Morgan fingerprint density at radius 3 is 2.72 bits per heavy atom. The van der Waals surface area contributed by atoms with Crippen LogP contribution >= 0.6 is 0 Å². The van der Waals surface area contributed by atoms with Crippen LogP contribution < -0.4 is 10.9 Å². The number of nitrogens with one attached hydrogen (secondary N) is 1. The largest absolute Gasteiger partial charge is 0.355 e. The average molecular weight is 339 g/mol. The van der Waals surface area contributed by atoms with Crippen LogP contribution in [-0.4, -0.2) is 28.3 Å². The molecule has 1 aliphatic rings. The van der Waals surface area contributed by atoms with E-state index in [0.29, 0.717) is 23.6 Å². The van der Waals surface area contributed by atoms with E-state index >= 15 is 0 Å². The van der Waals surface area contributed by atoms with Crippen molar-refractivity contribution in [3.8, 4) is 0 Å². The van der Waals surface area contributed by atoms with Gasteiger partial charge in [0.2, 0.25) is 0 Å². The molecule has 6 heteroatoms. The minimum Gasteiger partial charge on any atom is -0.355 e. The van der Waals surface area contributed by atoms with Gasteiger partial charge in [-0.05, 0) is 24.1 Å². The standard InChI is InChI=1S/C19H21N3O3/c1-20-18(24)16-10-14(17(23)9-13-5-4-6-13)11-22(19(16)25)12-15-7-2-3-8-21-15/h2-3,7-8,10-11,13H,4-6,9,12H2,1H3,(H,20,24). The average Bonchev–Trinajstić information content (AvgIpc) is 2.60. The summed E-state index contributed by atoms with van der Waals surface area (Å²) in [5.74, 6) is -0.0881. The lowest BCUT2D eigenvalue weighted by Crippen LogP contribution is -2.32. The maximum absolute atomic E-state index is 12.6. The smallest absolute Gasteiger partial charge is 0.263 e. The normalized spacial score (nSPS) is 14.0. The fourth-order valence-electron chi connectivity index (χ4n) is 2.95. The third-order valence-corrected chi connectivity index (χ3v) is 4.64. The Kier molecular flexibility index (Phi) is 5.07. The van der Waals surface area contributed by atoms with Gasteiger partial charge in [-0.1, -0.05) is 25.3 Å². The second kappa shape index (κ2) is 7.42. The molecule has 0 unspecified atom stereocenters. The van der Waals surface area contributed by atoms with Gasteiger partial charge in [-0.3, -0.25) is 19.4 Å². The summed E-state index contributed by atoms with van der Waals surface area (Å²) in [6.45, 7) is 0.216. The highest BCUT2D eigenvalue weighted by atomic mass is 16.2. The first-order valence-electron chi connectivity index (χ1n) is 8.48. The Hall–Kier alpha value is -2.76. The number of hydrogen-bond donors (Lipinski definition) is 1. The summed E-state index contributed by atoms with van der Waals surface area (Å²) in [5.41, 5.74) is 0.653. The van der Waals surface area contributed by atoms with Gasteiger partial charge in [-0.25, -0.2) is 0 Å². The van der Waals surface area contributed by atoms with Gasteiger partial charge in [0.25, 0.3) is 11.5 Å². The minimum atomic E-state index is -0.488. The van der Waals surface area contributed by atoms with Crippen LogP contribution in [0, 0.1) is 5.92 Å². The molecule has 0 atom stereocenters. The van der Waals surface area contributed by atoms with Crippen molar-refractivity contribution in [2.45, 2.75) is 32.2 Å². The second-order valence-electron chi connectivity index (χ2n) is 6.40. The Bertz CT molecular complexity index is 839. The molecular weight excluding hydrogens is 318 g/mol. The summed E-state index contributed by atoms with van der Waals surface area (Å²) >= 11 is 0. The highest BCUT2D eigenvalue weighted by Crippen LogP contribution is 2.30. The highest BCUT2D eigenvalue weighted by Gasteiger charge is 2.23. The van der Waals surface area contributed by atoms with E-state index in [1.807, 2.05) is 6.07 Å². The molecule has 1 aliphatic carbocycles. The number of pyridine rings is 2. The Balaban J connectivity index is 1.97. The van der Waals surface area contributed by atoms with E-state index in [2.05, 4.69) is 10.3 Å². The summed E-state index contributed by atoms with van der Waals surface area (Å²) < 4.78 is 1.39. The molecule has 1 fully saturated rings. The molecule has 0 bridgehead atoms. The van der Waals surface area contributed by atoms with Crippen LogP contribution in [0.4, 0.5) is 0 Å². The van der Waals surface area contributed by atoms with Crippen LogP contribution in [0.3, 0.4) is 0 Å².